The zero-order valence-electron chi connectivity index (χ0n) is 14.7. The predicted octanol–water partition coefficient (Wildman–Crippen LogP) is 5.64. The molecular weight excluding hydrogens is 360 g/mol. The highest BCUT2D eigenvalue weighted by molar-refractivity contribution is 6.30. The number of carbonyl (C=O) groups is 1. The van der Waals surface area contributed by atoms with Crippen LogP contribution in [0.2, 0.25) is 5.02 Å². The van der Waals surface area contributed by atoms with Crippen molar-refractivity contribution in [3.8, 4) is 11.5 Å². The number of nitrogens with zero attached hydrogens (tertiary/aromatic N) is 1. The van der Waals surface area contributed by atoms with Gasteiger partial charge in [0.1, 0.15) is 5.52 Å². The minimum Gasteiger partial charge on any atom is -0.436 e. The number of benzene rings is 3. The summed E-state index contributed by atoms with van der Waals surface area (Å²) in [5.74, 6) is 0.475. The highest BCUT2D eigenvalue weighted by atomic mass is 35.5. The van der Waals surface area contributed by atoms with E-state index in [0.29, 0.717) is 22.2 Å². The van der Waals surface area contributed by atoms with E-state index in [9.17, 15) is 4.79 Å². The van der Waals surface area contributed by atoms with E-state index < -0.39 is 0 Å². The number of aryl methyl sites for hydroxylation is 1. The van der Waals surface area contributed by atoms with E-state index in [1.165, 1.54) is 0 Å². The lowest BCUT2D eigenvalue weighted by molar-refractivity contribution is -0.115. The number of oxazole rings is 1. The lowest BCUT2D eigenvalue weighted by atomic mass is 10.1. The van der Waals surface area contributed by atoms with Crippen LogP contribution in [0.1, 0.15) is 11.1 Å². The standard InChI is InChI=1S/C22H17ClN2O2/c1-14-4-2-3-5-18(14)22-25-19-11-10-17(13-20(19)27-22)24-21(26)12-15-6-8-16(23)9-7-15/h2-11,13H,12H2,1H3,(H,24,26). The molecule has 3 aromatic carbocycles. The van der Waals surface area contributed by atoms with Gasteiger partial charge in [-0.3, -0.25) is 4.79 Å². The maximum atomic E-state index is 12.3. The van der Waals surface area contributed by atoms with Crippen LogP contribution in [0.5, 0.6) is 0 Å². The number of hydrogen-bond acceptors (Lipinski definition) is 3. The largest absolute Gasteiger partial charge is 0.436 e. The van der Waals surface area contributed by atoms with Gasteiger partial charge in [-0.15, -0.1) is 0 Å². The van der Waals surface area contributed by atoms with Crippen LogP contribution in [-0.2, 0) is 11.2 Å². The number of hydrogen-bond donors (Lipinski definition) is 1. The number of anilines is 1. The summed E-state index contributed by atoms with van der Waals surface area (Å²) in [5, 5.41) is 3.55. The first-order chi connectivity index (χ1) is 13.1. The van der Waals surface area contributed by atoms with Crippen molar-refractivity contribution in [3.63, 3.8) is 0 Å². The Morgan fingerprint density at radius 3 is 2.63 bits per heavy atom. The summed E-state index contributed by atoms with van der Waals surface area (Å²) in [4.78, 5) is 16.8. The summed E-state index contributed by atoms with van der Waals surface area (Å²) >= 11 is 5.87. The molecule has 4 aromatic rings. The quantitative estimate of drug-likeness (QED) is 0.501. The van der Waals surface area contributed by atoms with Crippen molar-refractivity contribution in [3.05, 3.63) is 82.9 Å². The van der Waals surface area contributed by atoms with Crippen LogP contribution in [0, 0.1) is 6.92 Å². The van der Waals surface area contributed by atoms with Gasteiger partial charge in [-0.05, 0) is 48.4 Å². The first kappa shape index (κ1) is 17.3. The number of rotatable bonds is 4. The Morgan fingerprint density at radius 1 is 1.07 bits per heavy atom. The van der Waals surface area contributed by atoms with Gasteiger partial charge in [-0.25, -0.2) is 4.98 Å². The van der Waals surface area contributed by atoms with E-state index in [1.54, 1.807) is 18.2 Å². The third-order valence-electron chi connectivity index (χ3n) is 4.33. The minimum atomic E-state index is -0.102. The molecule has 0 bridgehead atoms. The van der Waals surface area contributed by atoms with Crippen LogP contribution in [0.4, 0.5) is 5.69 Å². The van der Waals surface area contributed by atoms with Crippen molar-refractivity contribution < 1.29 is 9.21 Å². The molecule has 27 heavy (non-hydrogen) atoms. The molecule has 134 valence electrons. The van der Waals surface area contributed by atoms with Crippen LogP contribution >= 0.6 is 11.6 Å². The Labute approximate surface area is 161 Å². The number of aromatic nitrogens is 1. The highest BCUT2D eigenvalue weighted by Gasteiger charge is 2.11. The maximum absolute atomic E-state index is 12.3. The molecule has 0 aliphatic rings. The molecule has 1 heterocycles. The number of fused-ring (bicyclic) bond motifs is 1. The molecule has 1 N–H and O–H groups in total. The summed E-state index contributed by atoms with van der Waals surface area (Å²) in [5.41, 5.74) is 5.03. The molecule has 0 radical (unpaired) electrons. The lowest BCUT2D eigenvalue weighted by Crippen LogP contribution is -2.14. The molecule has 0 spiro atoms. The summed E-state index contributed by atoms with van der Waals surface area (Å²) in [6, 6.07) is 20.6. The van der Waals surface area contributed by atoms with Gasteiger partial charge in [0, 0.05) is 22.3 Å². The van der Waals surface area contributed by atoms with Gasteiger partial charge in [-0.1, -0.05) is 41.9 Å². The predicted molar refractivity (Wildman–Crippen MR) is 108 cm³/mol. The second-order valence-corrected chi connectivity index (χ2v) is 6.80. The molecule has 5 heteroatoms. The van der Waals surface area contributed by atoms with Crippen molar-refractivity contribution in [1.29, 1.82) is 0 Å². The number of nitrogens with one attached hydrogen (secondary N) is 1. The van der Waals surface area contributed by atoms with E-state index in [1.807, 2.05) is 55.5 Å². The van der Waals surface area contributed by atoms with Gasteiger partial charge in [0.25, 0.3) is 0 Å². The third kappa shape index (κ3) is 3.86. The van der Waals surface area contributed by atoms with Gasteiger partial charge in [-0.2, -0.15) is 0 Å². The fourth-order valence-corrected chi connectivity index (χ4v) is 3.05. The fourth-order valence-electron chi connectivity index (χ4n) is 2.92. The average molecular weight is 377 g/mol. The summed E-state index contributed by atoms with van der Waals surface area (Å²) in [6.07, 6.45) is 0.278. The van der Waals surface area contributed by atoms with Crippen LogP contribution in [-0.4, -0.2) is 10.9 Å². The van der Waals surface area contributed by atoms with Crippen LogP contribution in [0.3, 0.4) is 0 Å². The number of carbonyl (C=O) groups excluding carboxylic acids is 1. The van der Waals surface area contributed by atoms with Gasteiger partial charge >= 0.3 is 0 Å². The molecule has 4 rings (SSSR count). The average Bonchev–Trinajstić information content (AvgIpc) is 3.07. The van der Waals surface area contributed by atoms with E-state index >= 15 is 0 Å². The van der Waals surface area contributed by atoms with E-state index in [-0.39, 0.29) is 12.3 Å². The second kappa shape index (κ2) is 7.25. The summed E-state index contributed by atoms with van der Waals surface area (Å²) in [6.45, 7) is 2.02. The van der Waals surface area contributed by atoms with Crippen molar-refractivity contribution in [2.75, 3.05) is 5.32 Å². The van der Waals surface area contributed by atoms with Crippen LogP contribution < -0.4 is 5.32 Å². The van der Waals surface area contributed by atoms with Gasteiger partial charge in [0.05, 0.1) is 6.42 Å². The molecule has 4 nitrogen and oxygen atoms in total. The molecule has 1 amide bonds. The van der Waals surface area contributed by atoms with Crippen molar-refractivity contribution in [2.45, 2.75) is 13.3 Å². The first-order valence-corrected chi connectivity index (χ1v) is 8.97. The van der Waals surface area contributed by atoms with Crippen LogP contribution in [0.15, 0.2) is 71.1 Å². The van der Waals surface area contributed by atoms with Crippen molar-refractivity contribution in [1.82, 2.24) is 4.98 Å². The molecule has 0 saturated carbocycles. The lowest BCUT2D eigenvalue weighted by Gasteiger charge is -2.05. The Kier molecular flexibility index (Phi) is 4.65. The highest BCUT2D eigenvalue weighted by Crippen LogP contribution is 2.28. The van der Waals surface area contributed by atoms with Crippen molar-refractivity contribution >= 4 is 34.3 Å². The zero-order valence-corrected chi connectivity index (χ0v) is 15.5. The topological polar surface area (TPSA) is 55.1 Å². The zero-order chi connectivity index (χ0) is 18.8. The third-order valence-corrected chi connectivity index (χ3v) is 4.58. The monoisotopic (exact) mass is 376 g/mol. The molecule has 0 fully saturated rings. The van der Waals surface area contributed by atoms with Gasteiger partial charge in [0.15, 0.2) is 5.58 Å². The smallest absolute Gasteiger partial charge is 0.228 e. The van der Waals surface area contributed by atoms with Gasteiger partial charge < -0.3 is 9.73 Å². The fraction of sp³-hybridized carbons (Fsp3) is 0.0909. The Balaban J connectivity index is 1.54. The normalized spacial score (nSPS) is 10.9. The molecule has 0 aliphatic heterocycles. The van der Waals surface area contributed by atoms with E-state index in [4.69, 9.17) is 16.0 Å². The molecular formula is C22H17ClN2O2. The Morgan fingerprint density at radius 2 is 1.85 bits per heavy atom. The Hall–Kier alpha value is -3.11. The Bertz CT molecular complexity index is 1120. The molecule has 0 atom stereocenters. The van der Waals surface area contributed by atoms with E-state index in [2.05, 4.69) is 10.3 Å². The van der Waals surface area contributed by atoms with Crippen LogP contribution in [0.25, 0.3) is 22.6 Å². The number of amides is 1. The maximum Gasteiger partial charge on any atom is 0.228 e. The minimum absolute atomic E-state index is 0.102. The van der Waals surface area contributed by atoms with Gasteiger partial charge in [0.2, 0.25) is 11.8 Å². The van der Waals surface area contributed by atoms with E-state index in [0.717, 1.165) is 22.2 Å². The number of halogens is 1. The molecule has 1 aromatic heterocycles. The summed E-state index contributed by atoms with van der Waals surface area (Å²) in [7, 11) is 0. The SMILES string of the molecule is Cc1ccccc1-c1nc2ccc(NC(=O)Cc3ccc(Cl)cc3)cc2o1. The van der Waals surface area contributed by atoms with Crippen molar-refractivity contribution in [2.24, 2.45) is 0 Å². The second-order valence-electron chi connectivity index (χ2n) is 6.37. The summed E-state index contributed by atoms with van der Waals surface area (Å²) < 4.78 is 5.91. The first-order valence-electron chi connectivity index (χ1n) is 8.59. The molecule has 0 aliphatic carbocycles. The molecule has 0 unspecified atom stereocenters. The molecule has 0 saturated heterocycles.